The van der Waals surface area contributed by atoms with E-state index in [-0.39, 0.29) is 30.3 Å². The SMILES string of the molecule is CC=CCCc1ccc(OC(F)(F)C2CCC(c3ccc(C4OCC(C5CCC(CCCCC)CC5)CO4)cc3F)CC2)cc1F. The fourth-order valence-corrected chi connectivity index (χ4v) is 7.82. The minimum atomic E-state index is -3.44. The second-order valence-electron chi connectivity index (χ2n) is 13.9. The van der Waals surface area contributed by atoms with Crippen molar-refractivity contribution in [1.29, 1.82) is 0 Å². The summed E-state index contributed by atoms with van der Waals surface area (Å²) in [5, 5.41) is 0. The second kappa shape index (κ2) is 16.6. The molecular weight excluding hydrogens is 592 g/mol. The average molecular weight is 645 g/mol. The summed E-state index contributed by atoms with van der Waals surface area (Å²) in [6.07, 6.45) is 12.6. The van der Waals surface area contributed by atoms with Crippen molar-refractivity contribution < 1.29 is 31.8 Å². The van der Waals surface area contributed by atoms with Gasteiger partial charge in [-0.3, -0.25) is 0 Å². The maximum Gasteiger partial charge on any atom is 0.400 e. The summed E-state index contributed by atoms with van der Waals surface area (Å²) in [4.78, 5) is 0. The fourth-order valence-electron chi connectivity index (χ4n) is 7.82. The van der Waals surface area contributed by atoms with Gasteiger partial charge in [-0.2, -0.15) is 8.78 Å². The normalized spacial score (nSPS) is 27.6. The molecule has 7 heteroatoms. The lowest BCUT2D eigenvalue weighted by molar-refractivity contribution is -0.222. The van der Waals surface area contributed by atoms with Crippen LogP contribution in [0, 0.1) is 35.3 Å². The molecule has 3 fully saturated rings. The molecule has 3 aliphatic rings. The summed E-state index contributed by atoms with van der Waals surface area (Å²) < 4.78 is 77.3. The van der Waals surface area contributed by atoms with E-state index >= 15 is 13.2 Å². The Labute approximate surface area is 273 Å². The zero-order valence-corrected chi connectivity index (χ0v) is 27.6. The van der Waals surface area contributed by atoms with Crippen LogP contribution < -0.4 is 4.74 Å². The maximum atomic E-state index is 15.4. The molecule has 0 amide bonds. The molecule has 2 aromatic rings. The molecule has 46 heavy (non-hydrogen) atoms. The Hall–Kier alpha value is -2.38. The van der Waals surface area contributed by atoms with E-state index in [1.54, 1.807) is 6.07 Å². The van der Waals surface area contributed by atoms with Crippen LogP contribution in [-0.2, 0) is 15.9 Å². The molecule has 0 aromatic heterocycles. The first-order valence-electron chi connectivity index (χ1n) is 17.8. The third-order valence-electron chi connectivity index (χ3n) is 10.7. The smallest absolute Gasteiger partial charge is 0.400 e. The molecular formula is C39H52F4O3. The van der Waals surface area contributed by atoms with Crippen molar-refractivity contribution in [3.05, 3.63) is 76.9 Å². The van der Waals surface area contributed by atoms with Crippen LogP contribution in [-0.4, -0.2) is 19.3 Å². The van der Waals surface area contributed by atoms with Gasteiger partial charge in [-0.1, -0.05) is 75.8 Å². The number of aryl methyl sites for hydroxylation is 1. The van der Waals surface area contributed by atoms with E-state index < -0.39 is 24.1 Å². The highest BCUT2D eigenvalue weighted by Gasteiger charge is 2.44. The monoisotopic (exact) mass is 644 g/mol. The predicted octanol–water partition coefficient (Wildman–Crippen LogP) is 11.5. The number of alkyl halides is 2. The maximum absolute atomic E-state index is 15.4. The molecule has 0 radical (unpaired) electrons. The standard InChI is InChI=1S/C39H52F4O3/c1-3-5-7-9-27-11-13-28(14-12-27)32-25-44-38(45-26-32)31-18-22-35(37(41)23-31)29-15-19-33(20-16-29)39(42,43)46-34-21-17-30(36(40)24-34)10-8-6-4-2/h4,6,17-18,21-24,27-29,32-33,38H,3,5,7-16,19-20,25-26H2,1-2H3. The molecule has 0 bridgehead atoms. The Bertz CT molecular complexity index is 1260. The van der Waals surface area contributed by atoms with Crippen LogP contribution in [0.5, 0.6) is 5.75 Å². The van der Waals surface area contributed by atoms with Crippen molar-refractivity contribution in [1.82, 2.24) is 0 Å². The van der Waals surface area contributed by atoms with Crippen molar-refractivity contribution in [3.63, 3.8) is 0 Å². The molecule has 5 rings (SSSR count). The molecule has 1 heterocycles. The van der Waals surface area contributed by atoms with E-state index in [1.165, 1.54) is 69.6 Å². The van der Waals surface area contributed by atoms with E-state index in [9.17, 15) is 4.39 Å². The van der Waals surface area contributed by atoms with Crippen molar-refractivity contribution >= 4 is 0 Å². The molecule has 1 aliphatic heterocycles. The van der Waals surface area contributed by atoms with Crippen molar-refractivity contribution in [2.24, 2.45) is 23.7 Å². The van der Waals surface area contributed by atoms with Crippen molar-refractivity contribution in [3.8, 4) is 5.75 Å². The number of allylic oxidation sites excluding steroid dienone is 2. The van der Waals surface area contributed by atoms with Crippen LogP contribution in [0.3, 0.4) is 0 Å². The minimum Gasteiger partial charge on any atom is -0.432 e. The van der Waals surface area contributed by atoms with Crippen molar-refractivity contribution in [2.45, 2.75) is 122 Å². The zero-order valence-electron chi connectivity index (χ0n) is 27.6. The molecule has 2 saturated carbocycles. The number of ether oxygens (including phenoxy) is 3. The summed E-state index contributed by atoms with van der Waals surface area (Å²) in [6, 6.07) is 9.07. The Morgan fingerprint density at radius 1 is 0.848 bits per heavy atom. The quantitative estimate of drug-likeness (QED) is 0.123. The summed E-state index contributed by atoms with van der Waals surface area (Å²) in [5.74, 6) is -0.332. The Balaban J connectivity index is 1.08. The van der Waals surface area contributed by atoms with Gasteiger partial charge in [0.15, 0.2) is 6.29 Å². The Morgan fingerprint density at radius 3 is 2.24 bits per heavy atom. The Kier molecular flexibility index (Phi) is 12.6. The lowest BCUT2D eigenvalue weighted by Crippen LogP contribution is -2.37. The van der Waals surface area contributed by atoms with Gasteiger partial charge in [-0.15, -0.1) is 0 Å². The van der Waals surface area contributed by atoms with E-state index in [2.05, 4.69) is 6.92 Å². The highest BCUT2D eigenvalue weighted by Crippen LogP contribution is 2.44. The van der Waals surface area contributed by atoms with Crippen LogP contribution in [0.15, 0.2) is 48.6 Å². The van der Waals surface area contributed by atoms with Gasteiger partial charge in [0.25, 0.3) is 0 Å². The Morgan fingerprint density at radius 2 is 1.59 bits per heavy atom. The molecule has 0 N–H and O–H groups in total. The summed E-state index contributed by atoms with van der Waals surface area (Å²) in [7, 11) is 0. The summed E-state index contributed by atoms with van der Waals surface area (Å²) >= 11 is 0. The molecule has 1 saturated heterocycles. The van der Waals surface area contributed by atoms with Gasteiger partial charge in [-0.05, 0) is 99.3 Å². The highest BCUT2D eigenvalue weighted by molar-refractivity contribution is 5.30. The number of unbranched alkanes of at least 4 members (excludes halogenated alkanes) is 2. The van der Waals surface area contributed by atoms with Gasteiger partial charge in [0, 0.05) is 17.5 Å². The first-order chi connectivity index (χ1) is 22.3. The van der Waals surface area contributed by atoms with Crippen LogP contribution in [0.25, 0.3) is 0 Å². The third-order valence-corrected chi connectivity index (χ3v) is 10.7. The van der Waals surface area contributed by atoms with Gasteiger partial charge in [0.1, 0.15) is 17.4 Å². The first kappa shape index (κ1) is 34.9. The van der Waals surface area contributed by atoms with E-state index in [0.717, 1.165) is 12.0 Å². The average Bonchev–Trinajstić information content (AvgIpc) is 3.06. The van der Waals surface area contributed by atoms with E-state index in [0.29, 0.717) is 67.4 Å². The minimum absolute atomic E-state index is 0.148. The third kappa shape index (κ3) is 9.15. The van der Waals surface area contributed by atoms with Gasteiger partial charge >= 0.3 is 6.11 Å². The molecule has 0 atom stereocenters. The fraction of sp³-hybridized carbons (Fsp3) is 0.641. The van der Waals surface area contributed by atoms with Gasteiger partial charge in [-0.25, -0.2) is 8.78 Å². The number of hydrogen-bond donors (Lipinski definition) is 0. The summed E-state index contributed by atoms with van der Waals surface area (Å²) in [6.45, 7) is 5.41. The number of hydrogen-bond acceptors (Lipinski definition) is 3. The van der Waals surface area contributed by atoms with Gasteiger partial charge in [0.05, 0.1) is 19.1 Å². The van der Waals surface area contributed by atoms with Crippen LogP contribution in [0.1, 0.15) is 126 Å². The number of rotatable bonds is 13. The lowest BCUT2D eigenvalue weighted by Gasteiger charge is -2.38. The second-order valence-corrected chi connectivity index (χ2v) is 13.9. The molecule has 3 nitrogen and oxygen atoms in total. The predicted molar refractivity (Wildman–Crippen MR) is 174 cm³/mol. The molecule has 254 valence electrons. The molecule has 0 unspecified atom stereocenters. The molecule has 2 aliphatic carbocycles. The number of halogens is 4. The first-order valence-corrected chi connectivity index (χ1v) is 17.8. The van der Waals surface area contributed by atoms with Crippen molar-refractivity contribution in [2.75, 3.05) is 13.2 Å². The molecule has 0 spiro atoms. The largest absolute Gasteiger partial charge is 0.432 e. The highest BCUT2D eigenvalue weighted by atomic mass is 19.3. The van der Waals surface area contributed by atoms with Crippen LogP contribution in [0.4, 0.5) is 17.6 Å². The number of benzene rings is 2. The van der Waals surface area contributed by atoms with E-state index in [4.69, 9.17) is 14.2 Å². The lowest BCUT2D eigenvalue weighted by atomic mass is 9.74. The van der Waals surface area contributed by atoms with E-state index in [1.807, 2.05) is 25.1 Å². The van der Waals surface area contributed by atoms with Crippen LogP contribution in [0.2, 0.25) is 0 Å². The van der Waals surface area contributed by atoms with Gasteiger partial charge in [0.2, 0.25) is 0 Å². The van der Waals surface area contributed by atoms with Crippen LogP contribution >= 0.6 is 0 Å². The van der Waals surface area contributed by atoms with Gasteiger partial charge < -0.3 is 14.2 Å². The zero-order chi connectivity index (χ0) is 32.5. The molecule has 2 aromatic carbocycles. The summed E-state index contributed by atoms with van der Waals surface area (Å²) in [5.41, 5.74) is 1.68. The topological polar surface area (TPSA) is 27.7 Å².